The lowest BCUT2D eigenvalue weighted by Crippen LogP contribution is -2.54. The Hall–Kier alpha value is -4.41. The first-order chi connectivity index (χ1) is 22.5. The molecule has 0 aliphatic heterocycles. The highest BCUT2D eigenvalue weighted by Crippen LogP contribution is 2.33. The van der Waals surface area contributed by atoms with Crippen LogP contribution >= 0.6 is 11.6 Å². The summed E-state index contributed by atoms with van der Waals surface area (Å²) >= 11 is 6.06. The van der Waals surface area contributed by atoms with E-state index < -0.39 is 34.3 Å². The first kappa shape index (κ1) is 35.4. The number of carbonyl (C=O) groups excluding carboxylic acids is 2. The van der Waals surface area contributed by atoms with Gasteiger partial charge in [-0.25, -0.2) is 12.8 Å². The number of anilines is 1. The minimum atomic E-state index is -4.35. The molecule has 2 atom stereocenters. The molecule has 0 fully saturated rings. The van der Waals surface area contributed by atoms with E-state index in [-0.39, 0.29) is 47.9 Å². The summed E-state index contributed by atoms with van der Waals surface area (Å²) in [6, 6.07) is 25.9. The van der Waals surface area contributed by atoms with Crippen LogP contribution in [0.4, 0.5) is 10.1 Å². The summed E-state index contributed by atoms with van der Waals surface area (Å²) in [5.41, 5.74) is 1.53. The second-order valence-corrected chi connectivity index (χ2v) is 13.3. The number of rotatable bonds is 15. The molecule has 0 aliphatic rings. The Balaban J connectivity index is 1.84. The zero-order valence-corrected chi connectivity index (χ0v) is 28.2. The first-order valence-electron chi connectivity index (χ1n) is 15.4. The second-order valence-electron chi connectivity index (χ2n) is 11.0. The number of halogens is 2. The topological polar surface area (TPSA) is 96.0 Å². The molecule has 0 aromatic heterocycles. The average Bonchev–Trinajstić information content (AvgIpc) is 3.07. The highest BCUT2D eigenvalue weighted by atomic mass is 35.5. The molecular weight excluding hydrogens is 641 g/mol. The SMILES string of the molecule is CCOc1ccccc1N(CC(=O)N(Cc1ccc(F)cc1)[C@@H](Cc1ccccc1)C(=O)N[C@@H](C)CC)S(=O)(=O)c1ccc(Cl)cc1. The third kappa shape index (κ3) is 9.33. The average molecular weight is 680 g/mol. The number of benzene rings is 4. The Bertz CT molecular complexity index is 1740. The lowest BCUT2D eigenvalue weighted by Gasteiger charge is -2.34. The van der Waals surface area contributed by atoms with E-state index in [0.717, 1.165) is 9.87 Å². The Morgan fingerprint density at radius 3 is 2.15 bits per heavy atom. The predicted octanol–water partition coefficient (Wildman–Crippen LogP) is 6.63. The molecule has 0 radical (unpaired) electrons. The molecule has 0 spiro atoms. The maximum atomic E-state index is 14.6. The molecule has 2 amide bonds. The smallest absolute Gasteiger partial charge is 0.264 e. The number of hydrogen-bond donors (Lipinski definition) is 1. The van der Waals surface area contributed by atoms with Crippen LogP contribution in [0.2, 0.25) is 5.02 Å². The molecule has 248 valence electrons. The van der Waals surface area contributed by atoms with E-state index in [4.69, 9.17) is 16.3 Å². The highest BCUT2D eigenvalue weighted by molar-refractivity contribution is 7.92. The van der Waals surface area contributed by atoms with Crippen LogP contribution in [0.25, 0.3) is 0 Å². The number of amides is 2. The fraction of sp³-hybridized carbons (Fsp3) is 0.278. The summed E-state index contributed by atoms with van der Waals surface area (Å²) in [5, 5.41) is 3.35. The van der Waals surface area contributed by atoms with Crippen LogP contribution in [0.1, 0.15) is 38.3 Å². The Kier molecular flexibility index (Phi) is 12.4. The molecule has 11 heteroatoms. The lowest BCUT2D eigenvalue weighted by molar-refractivity contribution is -0.140. The fourth-order valence-corrected chi connectivity index (χ4v) is 6.52. The van der Waals surface area contributed by atoms with Gasteiger partial charge in [0, 0.05) is 24.0 Å². The molecule has 0 aliphatic carbocycles. The van der Waals surface area contributed by atoms with E-state index in [2.05, 4.69) is 5.32 Å². The van der Waals surface area contributed by atoms with Crippen LogP contribution in [0.15, 0.2) is 108 Å². The fourth-order valence-electron chi connectivity index (χ4n) is 4.97. The molecule has 4 rings (SSSR count). The zero-order chi connectivity index (χ0) is 34.0. The Morgan fingerprint density at radius 1 is 0.872 bits per heavy atom. The van der Waals surface area contributed by atoms with Gasteiger partial charge < -0.3 is 15.0 Å². The normalized spacial score (nSPS) is 12.5. The van der Waals surface area contributed by atoms with Crippen molar-refractivity contribution in [3.05, 3.63) is 125 Å². The summed E-state index contributed by atoms with van der Waals surface area (Å²) in [6.07, 6.45) is 0.826. The molecule has 4 aromatic carbocycles. The van der Waals surface area contributed by atoms with Gasteiger partial charge in [-0.05, 0) is 79.9 Å². The van der Waals surface area contributed by atoms with Gasteiger partial charge in [0.2, 0.25) is 11.8 Å². The van der Waals surface area contributed by atoms with Crippen molar-refractivity contribution in [3.63, 3.8) is 0 Å². The maximum Gasteiger partial charge on any atom is 0.264 e. The summed E-state index contributed by atoms with van der Waals surface area (Å²) < 4.78 is 49.2. The van der Waals surface area contributed by atoms with Gasteiger partial charge in [0.15, 0.2) is 0 Å². The summed E-state index contributed by atoms with van der Waals surface area (Å²) in [6.45, 7) is 5.10. The number of nitrogens with one attached hydrogen (secondary N) is 1. The molecule has 0 bridgehead atoms. The van der Waals surface area contributed by atoms with Gasteiger partial charge in [-0.1, -0.05) is 73.1 Å². The van der Waals surface area contributed by atoms with Gasteiger partial charge in [0.05, 0.1) is 17.2 Å². The summed E-state index contributed by atoms with van der Waals surface area (Å²) in [7, 11) is -4.35. The predicted molar refractivity (Wildman–Crippen MR) is 182 cm³/mol. The second kappa shape index (κ2) is 16.4. The quantitative estimate of drug-likeness (QED) is 0.152. The van der Waals surface area contributed by atoms with E-state index in [1.165, 1.54) is 53.4 Å². The molecule has 8 nitrogen and oxygen atoms in total. The van der Waals surface area contributed by atoms with Crippen molar-refractivity contribution in [3.8, 4) is 5.75 Å². The minimum absolute atomic E-state index is 0.0769. The van der Waals surface area contributed by atoms with E-state index in [9.17, 15) is 22.4 Å². The first-order valence-corrected chi connectivity index (χ1v) is 17.2. The number of ether oxygens (including phenoxy) is 1. The van der Waals surface area contributed by atoms with Gasteiger partial charge in [-0.15, -0.1) is 0 Å². The number of para-hydroxylation sites is 2. The molecule has 0 unspecified atom stereocenters. The Morgan fingerprint density at radius 2 is 1.51 bits per heavy atom. The van der Waals surface area contributed by atoms with Crippen LogP contribution in [0.5, 0.6) is 5.75 Å². The number of sulfonamides is 1. The summed E-state index contributed by atoms with van der Waals surface area (Å²) in [5.74, 6) is -1.21. The molecule has 1 N–H and O–H groups in total. The van der Waals surface area contributed by atoms with Crippen LogP contribution in [-0.4, -0.2) is 50.4 Å². The van der Waals surface area contributed by atoms with E-state index in [1.807, 2.05) is 44.2 Å². The molecular formula is C36H39ClFN3O5S. The lowest BCUT2D eigenvalue weighted by atomic mass is 10.0. The van der Waals surface area contributed by atoms with Crippen molar-refractivity contribution in [1.82, 2.24) is 10.2 Å². The number of hydrogen-bond acceptors (Lipinski definition) is 5. The highest BCUT2D eigenvalue weighted by Gasteiger charge is 2.35. The van der Waals surface area contributed by atoms with Gasteiger partial charge in [0.25, 0.3) is 10.0 Å². The van der Waals surface area contributed by atoms with Crippen LogP contribution in [0, 0.1) is 5.82 Å². The largest absolute Gasteiger partial charge is 0.492 e. The third-order valence-electron chi connectivity index (χ3n) is 7.65. The number of nitrogens with zero attached hydrogens (tertiary/aromatic N) is 2. The molecule has 47 heavy (non-hydrogen) atoms. The van der Waals surface area contributed by atoms with E-state index >= 15 is 0 Å². The standard InChI is InChI=1S/C36H39ClFN3O5S/c1-4-26(3)39-36(43)33(23-27-11-7-6-8-12-27)40(24-28-15-19-30(38)20-16-28)35(42)25-41(32-13-9-10-14-34(32)46-5-2)47(44,45)31-21-17-29(37)18-22-31/h6-22,26,33H,4-5,23-25H2,1-3H3,(H,39,43)/t26-,33-/m0/s1. The van der Waals surface area contributed by atoms with Gasteiger partial charge in [-0.2, -0.15) is 0 Å². The Labute approximate surface area is 281 Å². The van der Waals surface area contributed by atoms with Crippen molar-refractivity contribution in [2.75, 3.05) is 17.5 Å². The van der Waals surface area contributed by atoms with Crippen LogP contribution < -0.4 is 14.4 Å². The van der Waals surface area contributed by atoms with Crippen molar-refractivity contribution >= 4 is 39.1 Å². The van der Waals surface area contributed by atoms with E-state index in [0.29, 0.717) is 17.0 Å². The van der Waals surface area contributed by atoms with Gasteiger partial charge in [0.1, 0.15) is 24.2 Å². The monoisotopic (exact) mass is 679 g/mol. The van der Waals surface area contributed by atoms with Gasteiger partial charge >= 0.3 is 0 Å². The molecule has 0 saturated heterocycles. The molecule has 0 heterocycles. The zero-order valence-electron chi connectivity index (χ0n) is 26.6. The van der Waals surface area contributed by atoms with Crippen molar-refractivity contribution < 1.29 is 27.1 Å². The third-order valence-corrected chi connectivity index (χ3v) is 9.68. The van der Waals surface area contributed by atoms with Crippen molar-refractivity contribution in [2.45, 2.75) is 57.1 Å². The van der Waals surface area contributed by atoms with Crippen molar-refractivity contribution in [1.29, 1.82) is 0 Å². The maximum absolute atomic E-state index is 14.6. The van der Waals surface area contributed by atoms with Crippen LogP contribution in [0.3, 0.4) is 0 Å². The molecule has 4 aromatic rings. The van der Waals surface area contributed by atoms with Crippen LogP contribution in [-0.2, 0) is 32.6 Å². The van der Waals surface area contributed by atoms with Crippen molar-refractivity contribution in [2.24, 2.45) is 0 Å². The van der Waals surface area contributed by atoms with Gasteiger partial charge in [-0.3, -0.25) is 13.9 Å². The molecule has 0 saturated carbocycles. The number of carbonyl (C=O) groups is 2. The summed E-state index contributed by atoms with van der Waals surface area (Å²) in [4.78, 5) is 29.8. The minimum Gasteiger partial charge on any atom is -0.492 e. The van der Waals surface area contributed by atoms with E-state index in [1.54, 1.807) is 31.2 Å².